The minimum Gasteiger partial charge on any atom is -0.426 e. The number of aliphatic hydroxyl groups excluding tert-OH is 1. The molecule has 5 rings (SSSR count). The summed E-state index contributed by atoms with van der Waals surface area (Å²) in [7, 11) is 0. The number of allylic oxidation sites excluding steroid dienone is 4. The van der Waals surface area contributed by atoms with Gasteiger partial charge in [0.15, 0.2) is 0 Å². The molecule has 1 aliphatic heterocycles. The quantitative estimate of drug-likeness (QED) is 0.380. The van der Waals surface area contributed by atoms with Crippen LogP contribution in [0.1, 0.15) is 99.8 Å². The number of hydrogen-bond acceptors (Lipinski definition) is 4. The monoisotopic (exact) mass is 468 g/mol. The van der Waals surface area contributed by atoms with Gasteiger partial charge in [-0.1, -0.05) is 64.3 Å². The van der Waals surface area contributed by atoms with Crippen molar-refractivity contribution in [1.29, 1.82) is 0 Å². The Hall–Kier alpha value is -1.39. The van der Waals surface area contributed by atoms with Crippen molar-refractivity contribution in [3.63, 3.8) is 0 Å². The van der Waals surface area contributed by atoms with E-state index in [-0.39, 0.29) is 33.7 Å². The predicted molar refractivity (Wildman–Crippen MR) is 134 cm³/mol. The lowest BCUT2D eigenvalue weighted by atomic mass is 9.43. The van der Waals surface area contributed by atoms with Crippen LogP contribution in [0.2, 0.25) is 0 Å². The summed E-state index contributed by atoms with van der Waals surface area (Å²) in [5.41, 5.74) is 5.60. The van der Waals surface area contributed by atoms with Gasteiger partial charge in [0.2, 0.25) is 5.79 Å². The topological polar surface area (TPSA) is 66.8 Å². The zero-order valence-electron chi connectivity index (χ0n) is 22.3. The van der Waals surface area contributed by atoms with Gasteiger partial charge in [0, 0.05) is 17.4 Å². The lowest BCUT2D eigenvalue weighted by molar-refractivity contribution is -0.182. The number of cyclic esters (lactones) is 1. The van der Waals surface area contributed by atoms with Gasteiger partial charge in [-0.2, -0.15) is 0 Å². The molecule has 0 radical (unpaired) electrons. The zero-order valence-corrected chi connectivity index (χ0v) is 22.3. The average Bonchev–Trinajstić information content (AvgIpc) is 3.16. The van der Waals surface area contributed by atoms with Gasteiger partial charge in [-0.3, -0.25) is 0 Å². The number of ether oxygens (including phenoxy) is 1. The van der Waals surface area contributed by atoms with Crippen molar-refractivity contribution in [1.82, 2.24) is 0 Å². The zero-order chi connectivity index (χ0) is 24.9. The standard InChI is InChI=1S/C30H44O4/c1-18(16-30(33)17-19(2)25(32)34-30)20-10-14-29(7)22-8-9-23-26(3,4)24(31)12-13-27(23,5)21(22)11-15-28(20,29)6/h10,17-18,23-24,31,33H,8-9,11-16H2,1-7H3/t18-,23+,24-,27-,28-,29+,30?/m1/s1. The Morgan fingerprint density at radius 2 is 1.76 bits per heavy atom. The summed E-state index contributed by atoms with van der Waals surface area (Å²) in [4.78, 5) is 11.9. The molecular weight excluding hydrogens is 424 g/mol. The Morgan fingerprint density at radius 1 is 1.06 bits per heavy atom. The first-order valence-electron chi connectivity index (χ1n) is 13.4. The maximum atomic E-state index is 11.9. The van der Waals surface area contributed by atoms with Gasteiger partial charge >= 0.3 is 5.97 Å². The van der Waals surface area contributed by atoms with E-state index in [9.17, 15) is 15.0 Å². The number of rotatable bonds is 3. The minimum atomic E-state index is -1.49. The molecule has 4 nitrogen and oxygen atoms in total. The molecule has 4 heteroatoms. The number of esters is 1. The number of aliphatic hydroxyl groups is 2. The highest BCUT2D eigenvalue weighted by molar-refractivity contribution is 5.90. The second-order valence-corrected chi connectivity index (χ2v) is 13.5. The smallest absolute Gasteiger partial charge is 0.336 e. The van der Waals surface area contributed by atoms with E-state index < -0.39 is 11.8 Å². The third-order valence-electron chi connectivity index (χ3n) is 11.5. The van der Waals surface area contributed by atoms with Gasteiger partial charge in [-0.05, 0) is 86.0 Å². The first-order valence-corrected chi connectivity index (χ1v) is 13.4. The van der Waals surface area contributed by atoms with Gasteiger partial charge in [-0.25, -0.2) is 4.79 Å². The molecule has 1 saturated carbocycles. The lowest BCUT2D eigenvalue weighted by Gasteiger charge is -2.62. The number of carbonyl (C=O) groups is 1. The molecular formula is C30H44O4. The van der Waals surface area contributed by atoms with Crippen LogP contribution in [0, 0.1) is 33.5 Å². The van der Waals surface area contributed by atoms with Crippen LogP contribution in [0.15, 0.2) is 34.4 Å². The molecule has 0 aromatic rings. The highest BCUT2D eigenvalue weighted by atomic mass is 16.7. The number of hydrogen-bond donors (Lipinski definition) is 2. The Morgan fingerprint density at radius 3 is 2.41 bits per heavy atom. The van der Waals surface area contributed by atoms with Crippen molar-refractivity contribution in [3.05, 3.63) is 34.4 Å². The second kappa shape index (κ2) is 7.32. The van der Waals surface area contributed by atoms with E-state index in [1.54, 1.807) is 24.1 Å². The second-order valence-electron chi connectivity index (χ2n) is 13.5. The maximum Gasteiger partial charge on any atom is 0.336 e. The highest BCUT2D eigenvalue weighted by Crippen LogP contribution is 2.71. The molecule has 0 bridgehead atoms. The highest BCUT2D eigenvalue weighted by Gasteiger charge is 2.61. The third-order valence-corrected chi connectivity index (χ3v) is 11.5. The fraction of sp³-hybridized carbons (Fsp3) is 0.767. The van der Waals surface area contributed by atoms with Crippen LogP contribution >= 0.6 is 0 Å². The summed E-state index contributed by atoms with van der Waals surface area (Å²) < 4.78 is 5.34. The maximum absolute atomic E-state index is 11.9. The van der Waals surface area contributed by atoms with E-state index >= 15 is 0 Å². The predicted octanol–water partition coefficient (Wildman–Crippen LogP) is 6.23. The molecule has 34 heavy (non-hydrogen) atoms. The molecule has 1 fully saturated rings. The molecule has 4 aliphatic carbocycles. The van der Waals surface area contributed by atoms with Crippen LogP contribution in [-0.4, -0.2) is 28.1 Å². The van der Waals surface area contributed by atoms with Crippen molar-refractivity contribution in [3.8, 4) is 0 Å². The van der Waals surface area contributed by atoms with Gasteiger partial charge in [0.25, 0.3) is 0 Å². The van der Waals surface area contributed by atoms with Crippen LogP contribution < -0.4 is 0 Å². The average molecular weight is 469 g/mol. The number of carbonyl (C=O) groups excluding carboxylic acids is 1. The molecule has 7 atom stereocenters. The molecule has 5 aliphatic rings. The van der Waals surface area contributed by atoms with Gasteiger partial charge in [-0.15, -0.1) is 0 Å². The summed E-state index contributed by atoms with van der Waals surface area (Å²) in [6, 6.07) is 0. The molecule has 188 valence electrons. The van der Waals surface area contributed by atoms with E-state index in [0.29, 0.717) is 17.9 Å². The normalized spacial score (nSPS) is 46.2. The van der Waals surface area contributed by atoms with Crippen molar-refractivity contribution < 1.29 is 19.7 Å². The van der Waals surface area contributed by atoms with E-state index in [4.69, 9.17) is 4.74 Å². The largest absolute Gasteiger partial charge is 0.426 e. The van der Waals surface area contributed by atoms with E-state index in [1.165, 1.54) is 5.57 Å². The SMILES string of the molecule is CC1=CC(O)(C[C@@H](C)C2=CC[C@@]3(C)C4=C(CC[C@]23C)[C@@]2(C)CC[C@@H](O)C(C)(C)[C@@H]2CC4)OC1=O. The lowest BCUT2D eigenvalue weighted by Crippen LogP contribution is -2.54. The summed E-state index contributed by atoms with van der Waals surface area (Å²) >= 11 is 0. The van der Waals surface area contributed by atoms with Gasteiger partial charge in [0.1, 0.15) is 0 Å². The van der Waals surface area contributed by atoms with Crippen molar-refractivity contribution in [2.45, 2.75) is 112 Å². The van der Waals surface area contributed by atoms with Crippen LogP contribution in [0.3, 0.4) is 0 Å². The van der Waals surface area contributed by atoms with Crippen LogP contribution in [-0.2, 0) is 9.53 Å². The first-order chi connectivity index (χ1) is 15.7. The van der Waals surface area contributed by atoms with Crippen LogP contribution in [0.5, 0.6) is 0 Å². The Balaban J connectivity index is 1.46. The van der Waals surface area contributed by atoms with Gasteiger partial charge < -0.3 is 14.9 Å². The van der Waals surface area contributed by atoms with Crippen molar-refractivity contribution in [2.75, 3.05) is 0 Å². The van der Waals surface area contributed by atoms with Crippen LogP contribution in [0.4, 0.5) is 0 Å². The Labute approximate surface area is 205 Å². The van der Waals surface area contributed by atoms with Gasteiger partial charge in [0.05, 0.1) is 6.10 Å². The molecule has 0 saturated heterocycles. The fourth-order valence-electron chi connectivity index (χ4n) is 9.31. The summed E-state index contributed by atoms with van der Waals surface area (Å²) in [6.45, 7) is 15.9. The minimum absolute atomic E-state index is 0.0411. The number of fused-ring (bicyclic) bond motifs is 4. The van der Waals surface area contributed by atoms with E-state index in [0.717, 1.165) is 44.9 Å². The third kappa shape index (κ3) is 3.06. The molecule has 1 unspecified atom stereocenters. The van der Waals surface area contributed by atoms with Crippen LogP contribution in [0.25, 0.3) is 0 Å². The van der Waals surface area contributed by atoms with Crippen molar-refractivity contribution in [2.24, 2.45) is 33.5 Å². The summed E-state index contributed by atoms with van der Waals surface area (Å²) in [5, 5.41) is 21.8. The van der Waals surface area contributed by atoms with E-state index in [2.05, 4.69) is 47.6 Å². The van der Waals surface area contributed by atoms with E-state index in [1.807, 2.05) is 0 Å². The molecule has 1 heterocycles. The molecule has 0 aromatic heterocycles. The Kier molecular flexibility index (Phi) is 5.23. The molecule has 0 aromatic carbocycles. The molecule has 0 spiro atoms. The molecule has 0 amide bonds. The fourth-order valence-corrected chi connectivity index (χ4v) is 9.31. The Bertz CT molecular complexity index is 1020. The van der Waals surface area contributed by atoms with Crippen molar-refractivity contribution >= 4 is 5.97 Å². The molecule has 2 N–H and O–H groups in total. The summed E-state index contributed by atoms with van der Waals surface area (Å²) in [6.07, 6.45) is 11.8. The summed E-state index contributed by atoms with van der Waals surface area (Å²) in [5.74, 6) is -1.24. The first kappa shape index (κ1) is 24.3.